The van der Waals surface area contributed by atoms with Gasteiger partial charge < -0.3 is 15.1 Å². The fraction of sp³-hybridized carbons (Fsp3) is 0.154. The molecule has 1 aromatic carbocycles. The maximum atomic E-state index is 11.9. The molecule has 23 heavy (non-hydrogen) atoms. The summed E-state index contributed by atoms with van der Waals surface area (Å²) >= 11 is 0. The van der Waals surface area contributed by atoms with Crippen molar-refractivity contribution in [1.82, 2.24) is 9.97 Å². The van der Waals surface area contributed by atoms with E-state index in [1.54, 1.807) is 24.3 Å². The van der Waals surface area contributed by atoms with E-state index in [2.05, 4.69) is 15.4 Å². The molecule has 1 aromatic heterocycles. The first kappa shape index (κ1) is 16.1. The predicted octanol–water partition coefficient (Wildman–Crippen LogP) is 1.22. The van der Waals surface area contributed by atoms with Crippen LogP contribution in [0, 0.1) is 10.1 Å². The molecular weight excluding hydrogens is 304 g/mol. The number of hydrogen-bond donors (Lipinski definition) is 2. The summed E-state index contributed by atoms with van der Waals surface area (Å²) < 4.78 is 4.72. The Balaban J connectivity index is 2.61. The van der Waals surface area contributed by atoms with Gasteiger partial charge in [-0.15, -0.1) is 0 Å². The number of rotatable bonds is 5. The van der Waals surface area contributed by atoms with E-state index in [1.165, 1.54) is 19.1 Å². The number of hydrazine groups is 1. The summed E-state index contributed by atoms with van der Waals surface area (Å²) in [6.07, 6.45) is 1.13. The van der Waals surface area contributed by atoms with Crippen LogP contribution in [0.5, 0.6) is 0 Å². The molecule has 0 saturated carbocycles. The summed E-state index contributed by atoms with van der Waals surface area (Å²) in [7, 11) is 2.79. The van der Waals surface area contributed by atoms with E-state index in [-0.39, 0.29) is 17.2 Å². The molecule has 0 amide bonds. The zero-order valence-electron chi connectivity index (χ0n) is 12.4. The average molecular weight is 318 g/mol. The molecule has 1 heterocycles. The van der Waals surface area contributed by atoms with Gasteiger partial charge >= 0.3 is 11.7 Å². The Morgan fingerprint density at radius 3 is 2.70 bits per heavy atom. The molecule has 0 aliphatic rings. The van der Waals surface area contributed by atoms with Crippen LogP contribution in [-0.2, 0) is 4.74 Å². The SMILES string of the molecule is COC(=O)c1ccccc1N(C)c1ncnc(NN)c1[N+](=O)[O-]. The van der Waals surface area contributed by atoms with Gasteiger partial charge in [-0.05, 0) is 12.1 Å². The molecule has 2 aromatic rings. The highest BCUT2D eigenvalue weighted by Gasteiger charge is 2.27. The lowest BCUT2D eigenvalue weighted by Crippen LogP contribution is -2.19. The second-order valence-corrected chi connectivity index (χ2v) is 4.36. The number of methoxy groups -OCH3 is 1. The number of aromatic nitrogens is 2. The quantitative estimate of drug-likeness (QED) is 0.361. The number of esters is 1. The Hall–Kier alpha value is -3.27. The first-order chi connectivity index (χ1) is 11.0. The molecule has 0 saturated heterocycles. The van der Waals surface area contributed by atoms with Gasteiger partial charge in [-0.3, -0.25) is 10.1 Å². The van der Waals surface area contributed by atoms with Gasteiger partial charge in [-0.1, -0.05) is 12.1 Å². The van der Waals surface area contributed by atoms with E-state index >= 15 is 0 Å². The standard InChI is InChI=1S/C13H14N6O4/c1-18(9-6-4-3-5-8(9)13(20)23-2)12-10(19(21)22)11(17-14)15-7-16-12/h3-7H,14H2,1-2H3,(H,15,16,17). The van der Waals surface area contributed by atoms with Gasteiger partial charge in [0.25, 0.3) is 0 Å². The number of carbonyl (C=O) groups excluding carboxylic acids is 1. The molecule has 0 aliphatic carbocycles. The van der Waals surface area contributed by atoms with Crippen molar-refractivity contribution in [2.75, 3.05) is 24.5 Å². The fourth-order valence-corrected chi connectivity index (χ4v) is 2.05. The van der Waals surface area contributed by atoms with E-state index < -0.39 is 16.6 Å². The molecule has 0 spiro atoms. The molecule has 10 heteroatoms. The summed E-state index contributed by atoms with van der Waals surface area (Å²) in [5, 5.41) is 11.3. The number of nitro groups is 1. The molecule has 0 atom stereocenters. The van der Waals surface area contributed by atoms with E-state index in [9.17, 15) is 14.9 Å². The molecule has 0 bridgehead atoms. The molecule has 120 valence electrons. The first-order valence-electron chi connectivity index (χ1n) is 6.38. The lowest BCUT2D eigenvalue weighted by molar-refractivity contribution is -0.383. The highest BCUT2D eigenvalue weighted by atomic mass is 16.6. The van der Waals surface area contributed by atoms with Crippen molar-refractivity contribution in [2.45, 2.75) is 0 Å². The van der Waals surface area contributed by atoms with Crippen molar-refractivity contribution in [3.05, 3.63) is 46.3 Å². The highest BCUT2D eigenvalue weighted by molar-refractivity contribution is 5.97. The monoisotopic (exact) mass is 318 g/mol. The third kappa shape index (κ3) is 3.01. The Labute approximate surface area is 131 Å². The van der Waals surface area contributed by atoms with Gasteiger partial charge in [0.15, 0.2) is 0 Å². The smallest absolute Gasteiger partial charge is 0.355 e. The predicted molar refractivity (Wildman–Crippen MR) is 82.3 cm³/mol. The van der Waals surface area contributed by atoms with Crippen molar-refractivity contribution >= 4 is 29.0 Å². The maximum absolute atomic E-state index is 11.9. The number of nitrogens with two attached hydrogens (primary N) is 1. The van der Waals surface area contributed by atoms with E-state index in [0.717, 1.165) is 6.33 Å². The number of anilines is 3. The topological polar surface area (TPSA) is 137 Å². The fourth-order valence-electron chi connectivity index (χ4n) is 2.05. The van der Waals surface area contributed by atoms with Crippen LogP contribution < -0.4 is 16.2 Å². The van der Waals surface area contributed by atoms with Crippen LogP contribution in [0.25, 0.3) is 0 Å². The highest BCUT2D eigenvalue weighted by Crippen LogP contribution is 2.35. The minimum atomic E-state index is -0.651. The van der Waals surface area contributed by atoms with Gasteiger partial charge in [0.05, 0.1) is 23.3 Å². The summed E-state index contributed by atoms with van der Waals surface area (Å²) in [4.78, 5) is 31.6. The van der Waals surface area contributed by atoms with Gasteiger partial charge in [-0.2, -0.15) is 0 Å². The normalized spacial score (nSPS) is 10.0. The third-order valence-corrected chi connectivity index (χ3v) is 3.11. The van der Waals surface area contributed by atoms with Crippen LogP contribution in [0.15, 0.2) is 30.6 Å². The van der Waals surface area contributed by atoms with E-state index in [4.69, 9.17) is 10.6 Å². The molecule has 0 unspecified atom stereocenters. The number of hydrogen-bond acceptors (Lipinski definition) is 9. The zero-order valence-corrected chi connectivity index (χ0v) is 12.4. The minimum absolute atomic E-state index is 0.0192. The van der Waals surface area contributed by atoms with Gasteiger partial charge in [0.1, 0.15) is 6.33 Å². The maximum Gasteiger partial charge on any atom is 0.355 e. The summed E-state index contributed by atoms with van der Waals surface area (Å²) in [6.45, 7) is 0. The second-order valence-electron chi connectivity index (χ2n) is 4.36. The first-order valence-corrected chi connectivity index (χ1v) is 6.38. The molecule has 0 fully saturated rings. The van der Waals surface area contributed by atoms with Crippen LogP contribution in [-0.4, -0.2) is 35.0 Å². The van der Waals surface area contributed by atoms with Crippen LogP contribution in [0.3, 0.4) is 0 Å². The van der Waals surface area contributed by atoms with E-state index in [1.807, 2.05) is 0 Å². The minimum Gasteiger partial charge on any atom is -0.465 e. The van der Waals surface area contributed by atoms with Crippen molar-refractivity contribution in [2.24, 2.45) is 5.84 Å². The summed E-state index contributed by atoms with van der Waals surface area (Å²) in [5.74, 6) is 4.53. The third-order valence-electron chi connectivity index (χ3n) is 3.11. The van der Waals surface area contributed by atoms with Crippen LogP contribution in [0.4, 0.5) is 23.0 Å². The van der Waals surface area contributed by atoms with Crippen molar-refractivity contribution in [3.8, 4) is 0 Å². The second kappa shape index (κ2) is 6.66. The number of benzene rings is 1. The lowest BCUT2D eigenvalue weighted by atomic mass is 10.1. The molecule has 2 rings (SSSR count). The Kier molecular flexibility index (Phi) is 4.66. The molecule has 0 radical (unpaired) electrons. The zero-order chi connectivity index (χ0) is 17.0. The Morgan fingerprint density at radius 1 is 1.39 bits per heavy atom. The number of carbonyl (C=O) groups is 1. The van der Waals surface area contributed by atoms with Crippen molar-refractivity contribution in [3.63, 3.8) is 0 Å². The Bertz CT molecular complexity index is 751. The number of nitrogens with zero attached hydrogens (tertiary/aromatic N) is 4. The van der Waals surface area contributed by atoms with Gasteiger partial charge in [0, 0.05) is 7.05 Å². The van der Waals surface area contributed by atoms with Crippen LogP contribution >= 0.6 is 0 Å². The van der Waals surface area contributed by atoms with E-state index in [0.29, 0.717) is 5.69 Å². The van der Waals surface area contributed by atoms with Crippen LogP contribution in [0.2, 0.25) is 0 Å². The largest absolute Gasteiger partial charge is 0.465 e. The summed E-state index contributed by atoms with van der Waals surface area (Å²) in [5.41, 5.74) is 2.39. The number of nitrogen functional groups attached to an aromatic ring is 1. The van der Waals surface area contributed by atoms with Crippen LogP contribution in [0.1, 0.15) is 10.4 Å². The molecule has 10 nitrogen and oxygen atoms in total. The molecular formula is C13H14N6O4. The lowest BCUT2D eigenvalue weighted by Gasteiger charge is -2.20. The molecule has 3 N–H and O–H groups in total. The summed E-state index contributed by atoms with van der Waals surface area (Å²) in [6, 6.07) is 6.51. The van der Waals surface area contributed by atoms with Gasteiger partial charge in [0.2, 0.25) is 11.6 Å². The van der Waals surface area contributed by atoms with Crippen molar-refractivity contribution in [1.29, 1.82) is 0 Å². The molecule has 0 aliphatic heterocycles. The Morgan fingerprint density at radius 2 is 2.09 bits per heavy atom. The van der Waals surface area contributed by atoms with Gasteiger partial charge in [-0.25, -0.2) is 20.6 Å². The number of para-hydroxylation sites is 1. The number of ether oxygens (including phenoxy) is 1. The van der Waals surface area contributed by atoms with Crippen molar-refractivity contribution < 1.29 is 14.5 Å². The number of nitrogens with one attached hydrogen (secondary N) is 1. The average Bonchev–Trinajstić information content (AvgIpc) is 2.59.